The number of nitrogens with one attached hydrogen (secondary N) is 1. The SMILES string of the molecule is CC(C)CC(NC(=O)c1ccc2ncccc2c1)C(=O)N1CCC2C1C(=O)CN2S(=O)(=O)c1ccc[n+]([O-])c1. The predicted octanol–water partition coefficient (Wildman–Crippen LogP) is 1.26. The molecule has 1 aromatic carbocycles. The Labute approximate surface area is 226 Å². The standard InChI is InChI=1S/C27H29N5O6S/c1-17(2)13-22(29-26(34)19-7-8-21-18(14-19)5-3-10-28-21)27(35)31-12-9-23-25(31)24(33)16-32(23)39(37,38)20-6-4-11-30(36)15-20/h3-8,10-11,14-15,17,22-23,25H,9,12-13,16H2,1-2H3,(H,29,34). The fraction of sp³-hybridized carbons (Fsp3) is 0.370. The zero-order valence-electron chi connectivity index (χ0n) is 21.6. The molecule has 2 fully saturated rings. The molecule has 0 bridgehead atoms. The maximum Gasteiger partial charge on any atom is 0.251 e. The van der Waals surface area contributed by atoms with Gasteiger partial charge in [0.1, 0.15) is 17.0 Å². The van der Waals surface area contributed by atoms with Crippen molar-refractivity contribution in [2.75, 3.05) is 13.1 Å². The topological polar surface area (TPSA) is 144 Å². The van der Waals surface area contributed by atoms with Gasteiger partial charge in [-0.3, -0.25) is 19.4 Å². The van der Waals surface area contributed by atoms with Gasteiger partial charge in [0.05, 0.1) is 18.1 Å². The summed E-state index contributed by atoms with van der Waals surface area (Å²) in [5.41, 5.74) is 1.12. The van der Waals surface area contributed by atoms with Crippen molar-refractivity contribution in [3.63, 3.8) is 0 Å². The maximum absolute atomic E-state index is 13.8. The molecule has 0 radical (unpaired) electrons. The van der Waals surface area contributed by atoms with Crippen LogP contribution in [0.15, 0.2) is 66.0 Å². The third-order valence-electron chi connectivity index (χ3n) is 7.19. The van der Waals surface area contributed by atoms with Crippen LogP contribution < -0.4 is 10.0 Å². The number of fused-ring (bicyclic) bond motifs is 2. The van der Waals surface area contributed by atoms with Gasteiger partial charge in [-0.15, -0.1) is 0 Å². The summed E-state index contributed by atoms with van der Waals surface area (Å²) in [6.07, 6.45) is 4.40. The first kappa shape index (κ1) is 26.7. The maximum atomic E-state index is 13.8. The number of nitrogens with zero attached hydrogens (tertiary/aromatic N) is 4. The van der Waals surface area contributed by atoms with Crippen molar-refractivity contribution in [3.8, 4) is 0 Å². The minimum absolute atomic E-state index is 0.0616. The van der Waals surface area contributed by atoms with Gasteiger partial charge in [0, 0.05) is 29.8 Å². The third-order valence-corrected chi connectivity index (χ3v) is 9.05. The molecule has 39 heavy (non-hydrogen) atoms. The molecule has 2 aliphatic heterocycles. The van der Waals surface area contributed by atoms with E-state index in [0.29, 0.717) is 16.7 Å². The number of amides is 2. The molecule has 0 saturated carbocycles. The Kier molecular flexibility index (Phi) is 7.08. The number of carbonyl (C=O) groups excluding carboxylic acids is 3. The van der Waals surface area contributed by atoms with Crippen LogP contribution >= 0.6 is 0 Å². The lowest BCUT2D eigenvalue weighted by Crippen LogP contribution is -2.53. The van der Waals surface area contributed by atoms with Crippen LogP contribution in [0.1, 0.15) is 37.0 Å². The summed E-state index contributed by atoms with van der Waals surface area (Å²) in [6.45, 7) is 3.64. The summed E-state index contributed by atoms with van der Waals surface area (Å²) in [5, 5.41) is 15.3. The normalized spacial score (nSPS) is 20.4. The molecule has 5 rings (SSSR count). The number of likely N-dealkylation sites (tertiary alicyclic amines) is 1. The number of hydrogen-bond donors (Lipinski definition) is 1. The molecular weight excluding hydrogens is 522 g/mol. The first-order valence-electron chi connectivity index (χ1n) is 12.8. The molecule has 2 amide bonds. The van der Waals surface area contributed by atoms with Crippen molar-refractivity contribution < 1.29 is 27.5 Å². The van der Waals surface area contributed by atoms with Gasteiger partial charge in [0.25, 0.3) is 5.91 Å². The molecular formula is C27H29N5O6S. The fourth-order valence-corrected chi connectivity index (χ4v) is 7.05. The lowest BCUT2D eigenvalue weighted by molar-refractivity contribution is -0.607. The largest absolute Gasteiger partial charge is 0.619 e. The highest BCUT2D eigenvalue weighted by atomic mass is 32.2. The Balaban J connectivity index is 1.37. The molecule has 11 nitrogen and oxygen atoms in total. The van der Waals surface area contributed by atoms with Crippen molar-refractivity contribution in [1.82, 2.24) is 19.5 Å². The van der Waals surface area contributed by atoms with Gasteiger partial charge in [-0.2, -0.15) is 9.04 Å². The van der Waals surface area contributed by atoms with Crippen molar-refractivity contribution in [2.45, 2.75) is 49.7 Å². The number of hydrogen-bond acceptors (Lipinski definition) is 7. The van der Waals surface area contributed by atoms with Gasteiger partial charge >= 0.3 is 0 Å². The molecule has 204 valence electrons. The van der Waals surface area contributed by atoms with E-state index in [4.69, 9.17) is 0 Å². The van der Waals surface area contributed by atoms with Gasteiger partial charge < -0.3 is 15.4 Å². The number of pyridine rings is 2. The second-order valence-electron chi connectivity index (χ2n) is 10.3. The predicted molar refractivity (Wildman–Crippen MR) is 141 cm³/mol. The van der Waals surface area contributed by atoms with E-state index >= 15 is 0 Å². The van der Waals surface area contributed by atoms with Gasteiger partial charge in [-0.1, -0.05) is 19.9 Å². The lowest BCUT2D eigenvalue weighted by atomic mass is 10.0. The smallest absolute Gasteiger partial charge is 0.251 e. The van der Waals surface area contributed by atoms with Crippen molar-refractivity contribution >= 4 is 38.5 Å². The van der Waals surface area contributed by atoms with Crippen LogP contribution in [0, 0.1) is 11.1 Å². The number of benzene rings is 1. The van der Waals surface area contributed by atoms with E-state index in [9.17, 15) is 28.0 Å². The van der Waals surface area contributed by atoms with Gasteiger partial charge in [-0.25, -0.2) is 8.42 Å². The molecule has 2 saturated heterocycles. The molecule has 4 heterocycles. The second-order valence-corrected chi connectivity index (χ2v) is 12.2. The van der Waals surface area contributed by atoms with E-state index in [1.54, 1.807) is 30.5 Å². The summed E-state index contributed by atoms with van der Waals surface area (Å²) in [6, 6.07) is 8.75. The zero-order valence-corrected chi connectivity index (χ0v) is 22.4. The van der Waals surface area contributed by atoms with Crippen LogP contribution in [0.3, 0.4) is 0 Å². The molecule has 3 atom stereocenters. The summed E-state index contributed by atoms with van der Waals surface area (Å²) < 4.78 is 28.0. The van der Waals surface area contributed by atoms with Gasteiger partial charge in [-0.05, 0) is 49.1 Å². The minimum atomic E-state index is -4.13. The summed E-state index contributed by atoms with van der Waals surface area (Å²) in [7, 11) is -4.13. The van der Waals surface area contributed by atoms with Crippen molar-refractivity contribution in [2.24, 2.45) is 5.92 Å². The highest BCUT2D eigenvalue weighted by Gasteiger charge is 2.54. The quantitative estimate of drug-likeness (QED) is 0.344. The van der Waals surface area contributed by atoms with Crippen LogP contribution in [0.2, 0.25) is 0 Å². The highest BCUT2D eigenvalue weighted by Crippen LogP contribution is 2.34. The Morgan fingerprint density at radius 3 is 2.74 bits per heavy atom. The Morgan fingerprint density at radius 2 is 2.00 bits per heavy atom. The average molecular weight is 552 g/mol. The van der Waals surface area contributed by atoms with E-state index in [1.807, 2.05) is 19.9 Å². The van der Waals surface area contributed by atoms with Gasteiger partial charge in [0.2, 0.25) is 15.9 Å². The van der Waals surface area contributed by atoms with E-state index < -0.39 is 45.7 Å². The first-order valence-corrected chi connectivity index (χ1v) is 14.2. The summed E-state index contributed by atoms with van der Waals surface area (Å²) in [4.78, 5) is 45.5. The molecule has 0 aliphatic carbocycles. The molecule has 0 spiro atoms. The highest BCUT2D eigenvalue weighted by molar-refractivity contribution is 7.89. The minimum Gasteiger partial charge on any atom is -0.619 e. The number of Topliss-reactive ketones (excluding diaryl/α,β-unsaturated/α-hetero) is 1. The lowest BCUT2D eigenvalue weighted by Gasteiger charge is -2.29. The molecule has 3 aromatic rings. The molecule has 1 N–H and O–H groups in total. The van der Waals surface area contributed by atoms with Gasteiger partial charge in [0.15, 0.2) is 18.2 Å². The number of carbonyl (C=O) groups is 3. The molecule has 2 aromatic heterocycles. The third kappa shape index (κ3) is 5.09. The van der Waals surface area contributed by atoms with Crippen LogP contribution in [0.4, 0.5) is 0 Å². The Hall–Kier alpha value is -3.90. The number of rotatable bonds is 7. The number of aromatic nitrogens is 2. The van der Waals surface area contributed by atoms with E-state index in [2.05, 4.69) is 10.3 Å². The van der Waals surface area contributed by atoms with E-state index in [0.717, 1.165) is 21.4 Å². The van der Waals surface area contributed by atoms with E-state index in [1.165, 1.54) is 23.2 Å². The van der Waals surface area contributed by atoms with E-state index in [-0.39, 0.29) is 30.3 Å². The summed E-state index contributed by atoms with van der Waals surface area (Å²) >= 11 is 0. The first-order chi connectivity index (χ1) is 18.6. The Morgan fingerprint density at radius 1 is 1.21 bits per heavy atom. The number of ketones is 1. The summed E-state index contributed by atoms with van der Waals surface area (Å²) in [5.74, 6) is -1.17. The number of sulfonamides is 1. The molecule has 3 unspecified atom stereocenters. The Bertz CT molecular complexity index is 1560. The monoisotopic (exact) mass is 551 g/mol. The van der Waals surface area contributed by atoms with Crippen LogP contribution in [0.5, 0.6) is 0 Å². The molecule has 2 aliphatic rings. The van der Waals surface area contributed by atoms with Crippen LogP contribution in [-0.4, -0.2) is 71.4 Å². The fourth-order valence-electron chi connectivity index (χ4n) is 5.41. The van der Waals surface area contributed by atoms with Crippen molar-refractivity contribution in [1.29, 1.82) is 0 Å². The van der Waals surface area contributed by atoms with Crippen LogP contribution in [0.25, 0.3) is 10.9 Å². The van der Waals surface area contributed by atoms with Crippen molar-refractivity contribution in [3.05, 3.63) is 71.8 Å². The molecule has 12 heteroatoms. The van der Waals surface area contributed by atoms with Crippen LogP contribution in [-0.2, 0) is 19.6 Å². The second kappa shape index (κ2) is 10.3. The average Bonchev–Trinajstić information content (AvgIpc) is 3.48. The zero-order chi connectivity index (χ0) is 27.9.